The highest BCUT2D eigenvalue weighted by atomic mass is 35.7. The molecular weight excluding hydrogens is 333 g/mol. The number of hydrogen-bond donors (Lipinski definition) is 1. The van der Waals surface area contributed by atoms with Gasteiger partial charge in [-0.1, -0.05) is 31.4 Å². The zero-order chi connectivity index (χ0) is 16.2. The minimum atomic E-state index is -3.93. The van der Waals surface area contributed by atoms with Gasteiger partial charge in [-0.3, -0.25) is 4.79 Å². The third-order valence-corrected chi connectivity index (χ3v) is 4.94. The van der Waals surface area contributed by atoms with E-state index in [9.17, 15) is 13.2 Å². The first-order valence-electron chi connectivity index (χ1n) is 6.72. The van der Waals surface area contributed by atoms with Crippen molar-refractivity contribution in [2.75, 3.05) is 0 Å². The van der Waals surface area contributed by atoms with Crippen LogP contribution in [0.3, 0.4) is 0 Å². The molecule has 1 N–H and O–H groups in total. The van der Waals surface area contributed by atoms with Gasteiger partial charge in [0.1, 0.15) is 0 Å². The number of nitrogens with one attached hydrogen (secondary N) is 1. The van der Waals surface area contributed by atoms with Crippen LogP contribution in [0.25, 0.3) is 0 Å². The fourth-order valence-corrected chi connectivity index (χ4v) is 2.98. The van der Waals surface area contributed by atoms with Crippen LogP contribution in [0.4, 0.5) is 0 Å². The minimum absolute atomic E-state index is 0.00638. The summed E-state index contributed by atoms with van der Waals surface area (Å²) in [7, 11) is 1.38. The Kier molecular flexibility index (Phi) is 6.50. The summed E-state index contributed by atoms with van der Waals surface area (Å²) in [5.74, 6) is -0.347. The Hall–Kier alpha value is -0.780. The molecule has 0 saturated carbocycles. The first-order valence-corrected chi connectivity index (χ1v) is 9.41. The van der Waals surface area contributed by atoms with Crippen molar-refractivity contribution >= 4 is 37.2 Å². The largest absolute Gasteiger partial charge is 0.350 e. The van der Waals surface area contributed by atoms with Gasteiger partial charge in [0.05, 0.1) is 4.90 Å². The molecular formula is C14H19Cl2NO3S. The Morgan fingerprint density at radius 2 is 2.00 bits per heavy atom. The second kappa shape index (κ2) is 7.47. The molecule has 0 bridgehead atoms. The summed E-state index contributed by atoms with van der Waals surface area (Å²) in [5, 5.41) is 3.04. The van der Waals surface area contributed by atoms with Gasteiger partial charge in [-0.15, -0.1) is 0 Å². The van der Waals surface area contributed by atoms with Crippen molar-refractivity contribution in [2.24, 2.45) is 0 Å². The zero-order valence-corrected chi connectivity index (χ0v) is 14.6. The van der Waals surface area contributed by atoms with E-state index < -0.39 is 9.05 Å². The summed E-state index contributed by atoms with van der Waals surface area (Å²) in [6.07, 6.45) is 2.92. The number of hydrogen-bond acceptors (Lipinski definition) is 3. The van der Waals surface area contributed by atoms with E-state index in [0.717, 1.165) is 19.3 Å². The molecule has 1 unspecified atom stereocenters. The van der Waals surface area contributed by atoms with E-state index in [2.05, 4.69) is 12.2 Å². The van der Waals surface area contributed by atoms with Crippen molar-refractivity contribution in [1.82, 2.24) is 5.32 Å². The van der Waals surface area contributed by atoms with Gasteiger partial charge in [-0.2, -0.15) is 0 Å². The highest BCUT2D eigenvalue weighted by Crippen LogP contribution is 2.26. The smallest absolute Gasteiger partial charge is 0.261 e. The Morgan fingerprint density at radius 3 is 2.52 bits per heavy atom. The maximum Gasteiger partial charge on any atom is 0.261 e. The van der Waals surface area contributed by atoms with Crippen LogP contribution in [0.1, 0.15) is 49.0 Å². The molecule has 118 valence electrons. The molecule has 0 fully saturated rings. The van der Waals surface area contributed by atoms with Crippen molar-refractivity contribution in [3.05, 3.63) is 28.3 Å². The lowest BCUT2D eigenvalue weighted by atomic mass is 10.1. The van der Waals surface area contributed by atoms with Crippen molar-refractivity contribution in [3.8, 4) is 0 Å². The van der Waals surface area contributed by atoms with E-state index in [1.807, 2.05) is 6.92 Å². The standard InChI is InChI=1S/C14H19Cl2NO3S/c1-4-5-6-9(2)17-14(18)12-7-11(21(16,19)20)8-13(15)10(12)3/h7-9H,4-6H2,1-3H3,(H,17,18). The molecule has 0 aromatic heterocycles. The molecule has 0 spiro atoms. The third kappa shape index (κ3) is 5.16. The molecule has 21 heavy (non-hydrogen) atoms. The summed E-state index contributed by atoms with van der Waals surface area (Å²) in [6.45, 7) is 5.65. The number of unbranched alkanes of at least 4 members (excludes halogenated alkanes) is 1. The highest BCUT2D eigenvalue weighted by Gasteiger charge is 2.19. The molecule has 4 nitrogen and oxygen atoms in total. The van der Waals surface area contributed by atoms with Crippen LogP contribution in [0.2, 0.25) is 5.02 Å². The first-order chi connectivity index (χ1) is 9.66. The second-order valence-corrected chi connectivity index (χ2v) is 8.01. The van der Waals surface area contributed by atoms with Gasteiger partial charge in [0.15, 0.2) is 0 Å². The van der Waals surface area contributed by atoms with E-state index in [-0.39, 0.29) is 27.4 Å². The molecule has 1 rings (SSSR count). The van der Waals surface area contributed by atoms with Crippen molar-refractivity contribution < 1.29 is 13.2 Å². The summed E-state index contributed by atoms with van der Waals surface area (Å²) < 4.78 is 22.8. The van der Waals surface area contributed by atoms with E-state index in [4.69, 9.17) is 22.3 Å². The van der Waals surface area contributed by atoms with Gasteiger partial charge in [0, 0.05) is 27.3 Å². The summed E-state index contributed by atoms with van der Waals surface area (Å²) >= 11 is 5.99. The fourth-order valence-electron chi connectivity index (χ4n) is 1.91. The molecule has 0 heterocycles. The number of carbonyl (C=O) groups is 1. The predicted octanol–water partition coefficient (Wildman–Crippen LogP) is 3.88. The van der Waals surface area contributed by atoms with Crippen LogP contribution in [-0.4, -0.2) is 20.4 Å². The molecule has 0 aliphatic carbocycles. The Morgan fingerprint density at radius 1 is 1.38 bits per heavy atom. The topological polar surface area (TPSA) is 63.2 Å². The molecule has 0 aliphatic heterocycles. The van der Waals surface area contributed by atoms with Gasteiger partial charge < -0.3 is 5.32 Å². The lowest BCUT2D eigenvalue weighted by molar-refractivity contribution is 0.0937. The van der Waals surface area contributed by atoms with Gasteiger partial charge in [-0.25, -0.2) is 8.42 Å². The average Bonchev–Trinajstić information content (AvgIpc) is 2.37. The molecule has 7 heteroatoms. The monoisotopic (exact) mass is 351 g/mol. The fraction of sp³-hybridized carbons (Fsp3) is 0.500. The van der Waals surface area contributed by atoms with Gasteiger partial charge in [-0.05, 0) is 38.0 Å². The summed E-state index contributed by atoms with van der Waals surface area (Å²) in [4.78, 5) is 12.1. The molecule has 1 aromatic carbocycles. The quantitative estimate of drug-likeness (QED) is 0.790. The SMILES string of the molecule is CCCCC(C)NC(=O)c1cc(S(=O)(=O)Cl)cc(Cl)c1C. The molecule has 0 aliphatic rings. The number of amides is 1. The number of carbonyl (C=O) groups excluding carboxylic acids is 1. The molecule has 0 radical (unpaired) electrons. The van der Waals surface area contributed by atoms with Crippen molar-refractivity contribution in [2.45, 2.75) is 51.0 Å². The van der Waals surface area contributed by atoms with Crippen LogP contribution in [0, 0.1) is 6.92 Å². The number of halogens is 2. The third-order valence-electron chi connectivity index (χ3n) is 3.21. The molecule has 1 aromatic rings. The Balaban J connectivity index is 3.06. The van der Waals surface area contributed by atoms with E-state index >= 15 is 0 Å². The number of benzene rings is 1. The van der Waals surface area contributed by atoms with Crippen LogP contribution < -0.4 is 5.32 Å². The highest BCUT2D eigenvalue weighted by molar-refractivity contribution is 8.13. The van der Waals surface area contributed by atoms with Crippen LogP contribution in [0.15, 0.2) is 17.0 Å². The summed E-state index contributed by atoms with van der Waals surface area (Å²) in [5.41, 5.74) is 0.756. The maximum absolute atomic E-state index is 12.3. The summed E-state index contributed by atoms with van der Waals surface area (Å²) in [6, 6.07) is 2.51. The molecule has 0 saturated heterocycles. The predicted molar refractivity (Wildman–Crippen MR) is 85.7 cm³/mol. The van der Waals surface area contributed by atoms with Gasteiger partial charge in [0.25, 0.3) is 15.0 Å². The van der Waals surface area contributed by atoms with Gasteiger partial charge in [0.2, 0.25) is 0 Å². The molecule has 1 atom stereocenters. The van der Waals surface area contributed by atoms with E-state index in [0.29, 0.717) is 5.56 Å². The van der Waals surface area contributed by atoms with E-state index in [1.54, 1.807) is 6.92 Å². The van der Waals surface area contributed by atoms with Crippen molar-refractivity contribution in [3.63, 3.8) is 0 Å². The average molecular weight is 352 g/mol. The Bertz CT molecular complexity index is 629. The lowest BCUT2D eigenvalue weighted by Gasteiger charge is -2.15. The number of rotatable bonds is 6. The van der Waals surface area contributed by atoms with Crippen molar-refractivity contribution in [1.29, 1.82) is 0 Å². The van der Waals surface area contributed by atoms with Crippen LogP contribution in [-0.2, 0) is 9.05 Å². The van der Waals surface area contributed by atoms with Crippen LogP contribution >= 0.6 is 22.3 Å². The zero-order valence-electron chi connectivity index (χ0n) is 12.2. The normalized spacial score (nSPS) is 13.0. The van der Waals surface area contributed by atoms with Crippen LogP contribution in [0.5, 0.6) is 0 Å². The maximum atomic E-state index is 12.3. The first kappa shape index (κ1) is 18.3. The lowest BCUT2D eigenvalue weighted by Crippen LogP contribution is -2.33. The van der Waals surface area contributed by atoms with E-state index in [1.165, 1.54) is 12.1 Å². The minimum Gasteiger partial charge on any atom is -0.350 e. The Labute approximate surface area is 135 Å². The second-order valence-electron chi connectivity index (χ2n) is 5.03. The molecule has 1 amide bonds. The van der Waals surface area contributed by atoms with Gasteiger partial charge >= 0.3 is 0 Å².